The topological polar surface area (TPSA) is 23.6 Å². The molecule has 2 rings (SSSR count). The van der Waals surface area contributed by atoms with Gasteiger partial charge in [0.25, 0.3) is 0 Å². The summed E-state index contributed by atoms with van der Waals surface area (Å²) in [6.07, 6.45) is 1.85. The minimum Gasteiger partial charge on any atom is -0.310 e. The molecule has 1 aliphatic heterocycles. The molecule has 0 saturated carbocycles. The average Bonchev–Trinajstić information content (AvgIpc) is 2.35. The number of benzene rings is 1. The SMILES string of the molecule is C=CCN1CCN(c2cccc(C)c2)C(=O)C1C. The van der Waals surface area contributed by atoms with Gasteiger partial charge in [0.15, 0.2) is 0 Å². The van der Waals surface area contributed by atoms with E-state index in [1.807, 2.05) is 43.0 Å². The van der Waals surface area contributed by atoms with Gasteiger partial charge >= 0.3 is 0 Å². The van der Waals surface area contributed by atoms with Crippen molar-refractivity contribution < 1.29 is 4.79 Å². The van der Waals surface area contributed by atoms with Crippen LogP contribution in [-0.2, 0) is 4.79 Å². The number of anilines is 1. The van der Waals surface area contributed by atoms with Gasteiger partial charge in [0.2, 0.25) is 5.91 Å². The molecule has 3 nitrogen and oxygen atoms in total. The molecular weight excluding hydrogens is 224 g/mol. The van der Waals surface area contributed by atoms with Crippen molar-refractivity contribution in [3.05, 3.63) is 42.5 Å². The van der Waals surface area contributed by atoms with E-state index in [0.29, 0.717) is 0 Å². The summed E-state index contributed by atoms with van der Waals surface area (Å²) in [7, 11) is 0. The Labute approximate surface area is 109 Å². The fourth-order valence-electron chi connectivity index (χ4n) is 2.38. The van der Waals surface area contributed by atoms with Gasteiger partial charge in [0, 0.05) is 25.3 Å². The van der Waals surface area contributed by atoms with Gasteiger partial charge < -0.3 is 4.90 Å². The van der Waals surface area contributed by atoms with Crippen LogP contribution in [0.2, 0.25) is 0 Å². The summed E-state index contributed by atoms with van der Waals surface area (Å²) in [4.78, 5) is 16.4. The average molecular weight is 244 g/mol. The molecule has 18 heavy (non-hydrogen) atoms. The Balaban J connectivity index is 2.17. The van der Waals surface area contributed by atoms with Gasteiger partial charge in [0.1, 0.15) is 0 Å². The molecule has 96 valence electrons. The van der Waals surface area contributed by atoms with Crippen LogP contribution in [0.1, 0.15) is 12.5 Å². The van der Waals surface area contributed by atoms with Crippen LogP contribution in [0.4, 0.5) is 5.69 Å². The van der Waals surface area contributed by atoms with Gasteiger partial charge in [0.05, 0.1) is 6.04 Å². The summed E-state index contributed by atoms with van der Waals surface area (Å²) in [5.74, 6) is 0.175. The first-order valence-corrected chi connectivity index (χ1v) is 6.36. The Hall–Kier alpha value is -1.61. The van der Waals surface area contributed by atoms with Gasteiger partial charge in [-0.1, -0.05) is 18.2 Å². The lowest BCUT2D eigenvalue weighted by Crippen LogP contribution is -2.55. The lowest BCUT2D eigenvalue weighted by Gasteiger charge is -2.38. The van der Waals surface area contributed by atoms with Crippen LogP contribution >= 0.6 is 0 Å². The third-order valence-electron chi connectivity index (χ3n) is 3.46. The van der Waals surface area contributed by atoms with Gasteiger partial charge in [-0.2, -0.15) is 0 Å². The molecule has 0 spiro atoms. The number of nitrogens with zero attached hydrogens (tertiary/aromatic N) is 2. The Bertz CT molecular complexity index is 456. The molecule has 0 aliphatic carbocycles. The van der Waals surface area contributed by atoms with Crippen molar-refractivity contribution in [1.82, 2.24) is 4.90 Å². The normalized spacial score (nSPS) is 21.1. The van der Waals surface area contributed by atoms with E-state index in [9.17, 15) is 4.79 Å². The van der Waals surface area contributed by atoms with E-state index in [-0.39, 0.29) is 11.9 Å². The first-order valence-electron chi connectivity index (χ1n) is 6.36. The Morgan fingerprint density at radius 3 is 2.89 bits per heavy atom. The molecular formula is C15H20N2O. The van der Waals surface area contributed by atoms with Crippen LogP contribution in [0.25, 0.3) is 0 Å². The van der Waals surface area contributed by atoms with Gasteiger partial charge in [-0.25, -0.2) is 0 Å². The maximum atomic E-state index is 12.4. The lowest BCUT2D eigenvalue weighted by molar-refractivity contribution is -0.124. The van der Waals surface area contributed by atoms with Crippen LogP contribution < -0.4 is 4.90 Å². The van der Waals surface area contributed by atoms with Crippen molar-refractivity contribution in [2.45, 2.75) is 19.9 Å². The number of rotatable bonds is 3. The Kier molecular flexibility index (Phi) is 3.82. The summed E-state index contributed by atoms with van der Waals surface area (Å²) in [6, 6.07) is 8.04. The smallest absolute Gasteiger partial charge is 0.244 e. The molecule has 1 heterocycles. The summed E-state index contributed by atoms with van der Waals surface area (Å²) >= 11 is 0. The van der Waals surface area contributed by atoms with E-state index in [1.165, 1.54) is 5.56 Å². The second kappa shape index (κ2) is 5.36. The van der Waals surface area contributed by atoms with Crippen LogP contribution in [0.3, 0.4) is 0 Å². The molecule has 1 aliphatic rings. The van der Waals surface area contributed by atoms with E-state index < -0.39 is 0 Å². The number of carbonyl (C=O) groups excluding carboxylic acids is 1. The van der Waals surface area contributed by atoms with E-state index in [1.54, 1.807) is 0 Å². The molecule has 0 bridgehead atoms. The highest BCUT2D eigenvalue weighted by Crippen LogP contribution is 2.21. The fourth-order valence-corrected chi connectivity index (χ4v) is 2.38. The third-order valence-corrected chi connectivity index (χ3v) is 3.46. The standard InChI is InChI=1S/C15H20N2O/c1-4-8-16-9-10-17(15(18)13(16)3)14-7-5-6-12(2)11-14/h4-7,11,13H,1,8-10H2,2-3H3. The minimum atomic E-state index is -0.0720. The highest BCUT2D eigenvalue weighted by atomic mass is 16.2. The molecule has 1 unspecified atom stereocenters. The van der Waals surface area contributed by atoms with Crippen LogP contribution in [0.5, 0.6) is 0 Å². The first-order chi connectivity index (χ1) is 8.63. The van der Waals surface area contributed by atoms with Gasteiger partial charge in [-0.05, 0) is 31.5 Å². The quantitative estimate of drug-likeness (QED) is 0.761. The molecule has 0 N–H and O–H groups in total. The van der Waals surface area contributed by atoms with Gasteiger partial charge in [-0.3, -0.25) is 9.69 Å². The maximum Gasteiger partial charge on any atom is 0.244 e. The highest BCUT2D eigenvalue weighted by Gasteiger charge is 2.31. The van der Waals surface area contributed by atoms with E-state index in [4.69, 9.17) is 0 Å². The fraction of sp³-hybridized carbons (Fsp3) is 0.400. The summed E-state index contributed by atoms with van der Waals surface area (Å²) in [5, 5.41) is 0. The zero-order valence-corrected chi connectivity index (χ0v) is 11.1. The molecule has 3 heteroatoms. The molecule has 0 radical (unpaired) electrons. The molecule has 0 aromatic heterocycles. The van der Waals surface area contributed by atoms with Crippen molar-refractivity contribution in [3.63, 3.8) is 0 Å². The van der Waals surface area contributed by atoms with Gasteiger partial charge in [-0.15, -0.1) is 6.58 Å². The first kappa shape index (κ1) is 12.8. The molecule has 1 atom stereocenters. The number of hydrogen-bond acceptors (Lipinski definition) is 2. The number of carbonyl (C=O) groups is 1. The minimum absolute atomic E-state index is 0.0720. The van der Waals surface area contributed by atoms with Crippen LogP contribution in [-0.4, -0.2) is 36.5 Å². The summed E-state index contributed by atoms with van der Waals surface area (Å²) < 4.78 is 0. The summed E-state index contributed by atoms with van der Waals surface area (Å²) in [6.45, 7) is 10.2. The predicted octanol–water partition coefficient (Wildman–Crippen LogP) is 2.22. The van der Waals surface area contributed by atoms with E-state index in [2.05, 4.69) is 17.5 Å². The number of hydrogen-bond donors (Lipinski definition) is 0. The third kappa shape index (κ3) is 2.46. The zero-order valence-electron chi connectivity index (χ0n) is 11.1. The highest BCUT2D eigenvalue weighted by molar-refractivity contribution is 5.97. The number of amides is 1. The predicted molar refractivity (Wildman–Crippen MR) is 74.8 cm³/mol. The largest absolute Gasteiger partial charge is 0.310 e. The van der Waals surface area contributed by atoms with Crippen LogP contribution in [0.15, 0.2) is 36.9 Å². The molecule has 1 aromatic carbocycles. The van der Waals surface area contributed by atoms with Crippen LogP contribution in [0, 0.1) is 6.92 Å². The van der Waals surface area contributed by atoms with E-state index in [0.717, 1.165) is 25.3 Å². The number of piperazine rings is 1. The second-order valence-electron chi connectivity index (χ2n) is 4.79. The monoisotopic (exact) mass is 244 g/mol. The van der Waals surface area contributed by atoms with Crippen molar-refractivity contribution in [3.8, 4) is 0 Å². The molecule has 1 amide bonds. The Morgan fingerprint density at radius 2 is 2.22 bits per heavy atom. The lowest BCUT2D eigenvalue weighted by atomic mass is 10.1. The van der Waals surface area contributed by atoms with Crippen molar-refractivity contribution in [2.24, 2.45) is 0 Å². The molecule has 1 saturated heterocycles. The Morgan fingerprint density at radius 1 is 1.44 bits per heavy atom. The van der Waals surface area contributed by atoms with Crippen molar-refractivity contribution in [2.75, 3.05) is 24.5 Å². The number of aryl methyl sites for hydroxylation is 1. The molecule has 1 fully saturated rings. The second-order valence-corrected chi connectivity index (χ2v) is 4.79. The van der Waals surface area contributed by atoms with Crippen molar-refractivity contribution >= 4 is 11.6 Å². The summed E-state index contributed by atoms with van der Waals surface area (Å²) in [5.41, 5.74) is 2.19. The van der Waals surface area contributed by atoms with E-state index >= 15 is 0 Å². The van der Waals surface area contributed by atoms with Crippen molar-refractivity contribution in [1.29, 1.82) is 0 Å². The maximum absolute atomic E-state index is 12.4. The zero-order chi connectivity index (χ0) is 13.1. The molecule has 1 aromatic rings.